The summed E-state index contributed by atoms with van der Waals surface area (Å²) in [4.78, 5) is 0. The molecule has 0 radical (unpaired) electrons. The highest BCUT2D eigenvalue weighted by Gasteiger charge is 2.12. The minimum absolute atomic E-state index is 1.24. The van der Waals surface area contributed by atoms with Gasteiger partial charge in [-0.15, -0.1) is 22.7 Å². The highest BCUT2D eigenvalue weighted by molar-refractivity contribution is 7.26. The Morgan fingerprint density at radius 3 is 1.11 bits per heavy atom. The predicted octanol–water partition coefficient (Wildman–Crippen LogP) is 11.4. The number of hydrogen-bond acceptors (Lipinski definition) is 2. The van der Waals surface area contributed by atoms with Crippen LogP contribution in [0.5, 0.6) is 0 Å². The molecule has 0 N–H and O–H groups in total. The predicted molar refractivity (Wildman–Crippen MR) is 169 cm³/mol. The molecule has 0 amide bonds. The van der Waals surface area contributed by atoms with E-state index in [-0.39, 0.29) is 0 Å². The van der Waals surface area contributed by atoms with E-state index in [1.54, 1.807) is 0 Å². The molecule has 0 aliphatic rings. The molecule has 0 atom stereocenters. The fourth-order valence-corrected chi connectivity index (χ4v) is 8.11. The number of fused-ring (bicyclic) bond motifs is 6. The van der Waals surface area contributed by atoms with Gasteiger partial charge >= 0.3 is 0 Å². The maximum absolute atomic E-state index is 2.26. The molecule has 38 heavy (non-hydrogen) atoms. The first kappa shape index (κ1) is 21.8. The smallest absolute Gasteiger partial charge is 0.0433 e. The fraction of sp³-hybridized carbons (Fsp3) is 0. The fourth-order valence-electron chi connectivity index (χ4n) is 5.63. The van der Waals surface area contributed by atoms with Crippen molar-refractivity contribution in [2.24, 2.45) is 0 Å². The molecule has 178 valence electrons. The van der Waals surface area contributed by atoms with E-state index in [2.05, 4.69) is 133 Å². The van der Waals surface area contributed by atoms with Crippen LogP contribution in [0.2, 0.25) is 0 Å². The summed E-state index contributed by atoms with van der Waals surface area (Å²) in [5.74, 6) is 0. The van der Waals surface area contributed by atoms with E-state index >= 15 is 0 Å². The van der Waals surface area contributed by atoms with E-state index in [4.69, 9.17) is 0 Å². The Labute approximate surface area is 229 Å². The zero-order chi connectivity index (χ0) is 25.1. The van der Waals surface area contributed by atoms with Crippen molar-refractivity contribution in [2.75, 3.05) is 0 Å². The maximum Gasteiger partial charge on any atom is 0.0433 e. The van der Waals surface area contributed by atoms with Gasteiger partial charge in [-0.3, -0.25) is 0 Å². The Morgan fingerprint density at radius 2 is 0.658 bits per heavy atom. The first-order chi connectivity index (χ1) is 18.8. The monoisotopic (exact) mass is 518 g/mol. The zero-order valence-corrected chi connectivity index (χ0v) is 22.2. The molecule has 0 fully saturated rings. The van der Waals surface area contributed by atoms with Crippen molar-refractivity contribution in [3.05, 3.63) is 133 Å². The van der Waals surface area contributed by atoms with Crippen molar-refractivity contribution >= 4 is 63.0 Å². The van der Waals surface area contributed by atoms with E-state index in [1.165, 1.54) is 73.7 Å². The zero-order valence-electron chi connectivity index (χ0n) is 20.5. The highest BCUT2D eigenvalue weighted by atomic mass is 32.1. The van der Waals surface area contributed by atoms with Gasteiger partial charge in [-0.05, 0) is 45.5 Å². The summed E-state index contributed by atoms with van der Waals surface area (Å²) in [6.45, 7) is 0. The molecule has 0 aliphatic heterocycles. The summed E-state index contributed by atoms with van der Waals surface area (Å²) < 4.78 is 5.42. The number of benzene rings is 6. The lowest BCUT2D eigenvalue weighted by molar-refractivity contribution is 1.60. The summed E-state index contributed by atoms with van der Waals surface area (Å²) in [5, 5.41) is 5.38. The Bertz CT molecular complexity index is 1950. The van der Waals surface area contributed by atoms with E-state index in [0.29, 0.717) is 0 Å². The van der Waals surface area contributed by atoms with Gasteiger partial charge in [-0.25, -0.2) is 0 Å². The SMILES string of the molecule is c1ccc2c(c1)sc1c(-c3ccc(-c4ccc(-c5cccc6c5sc5ccccc56)cc4)cc3)cccc12. The molecular formula is C36H22S2. The van der Waals surface area contributed by atoms with Crippen LogP contribution in [-0.2, 0) is 0 Å². The average molecular weight is 519 g/mol. The van der Waals surface area contributed by atoms with Gasteiger partial charge in [0, 0.05) is 40.3 Å². The molecule has 0 bridgehead atoms. The second-order valence-corrected chi connectivity index (χ2v) is 11.8. The third kappa shape index (κ3) is 3.42. The maximum atomic E-state index is 2.26. The number of hydrogen-bond donors (Lipinski definition) is 0. The molecule has 8 rings (SSSR count). The van der Waals surface area contributed by atoms with Gasteiger partial charge in [0.2, 0.25) is 0 Å². The molecule has 0 saturated carbocycles. The molecule has 2 heteroatoms. The summed E-state index contributed by atoms with van der Waals surface area (Å²) in [5.41, 5.74) is 7.62. The lowest BCUT2D eigenvalue weighted by Crippen LogP contribution is -1.82. The van der Waals surface area contributed by atoms with Crippen LogP contribution in [0.3, 0.4) is 0 Å². The standard InChI is InChI=1S/C36H22S2/c1-3-13-33-29(7-1)31-11-5-9-27(35(31)37-33)25-19-15-23(16-20-25)24-17-21-26(22-18-24)28-10-6-12-32-30-8-2-4-14-34(30)38-36(28)32/h1-22H. The minimum atomic E-state index is 1.24. The van der Waals surface area contributed by atoms with Crippen LogP contribution in [0.1, 0.15) is 0 Å². The van der Waals surface area contributed by atoms with Crippen LogP contribution in [0.25, 0.3) is 73.7 Å². The average Bonchev–Trinajstić information content (AvgIpc) is 3.56. The molecule has 0 aliphatic carbocycles. The third-order valence-electron chi connectivity index (χ3n) is 7.53. The third-order valence-corrected chi connectivity index (χ3v) is 9.97. The van der Waals surface area contributed by atoms with Crippen molar-refractivity contribution in [3.63, 3.8) is 0 Å². The van der Waals surface area contributed by atoms with Crippen LogP contribution in [0.4, 0.5) is 0 Å². The Balaban J connectivity index is 1.14. The van der Waals surface area contributed by atoms with E-state index in [0.717, 1.165) is 0 Å². The summed E-state index contributed by atoms with van der Waals surface area (Å²) in [6, 6.07) is 48.8. The van der Waals surface area contributed by atoms with Crippen LogP contribution < -0.4 is 0 Å². The second-order valence-electron chi connectivity index (χ2n) is 9.72. The van der Waals surface area contributed by atoms with Crippen molar-refractivity contribution < 1.29 is 0 Å². The summed E-state index contributed by atoms with van der Waals surface area (Å²) in [6.07, 6.45) is 0. The Hall–Kier alpha value is -4.24. The van der Waals surface area contributed by atoms with Gasteiger partial charge in [-0.1, -0.05) is 121 Å². The molecule has 0 unspecified atom stereocenters. The van der Waals surface area contributed by atoms with Crippen molar-refractivity contribution in [1.82, 2.24) is 0 Å². The van der Waals surface area contributed by atoms with E-state index in [9.17, 15) is 0 Å². The van der Waals surface area contributed by atoms with Gasteiger partial charge in [0.25, 0.3) is 0 Å². The molecule has 2 aromatic heterocycles. The molecule has 8 aromatic rings. The van der Waals surface area contributed by atoms with Gasteiger partial charge in [0.1, 0.15) is 0 Å². The first-order valence-corrected chi connectivity index (χ1v) is 14.5. The first-order valence-electron chi connectivity index (χ1n) is 12.9. The normalized spacial score (nSPS) is 11.7. The highest BCUT2D eigenvalue weighted by Crippen LogP contribution is 2.41. The molecule has 2 heterocycles. The van der Waals surface area contributed by atoms with Gasteiger partial charge in [0.05, 0.1) is 0 Å². The summed E-state index contributed by atoms with van der Waals surface area (Å²) in [7, 11) is 0. The lowest BCUT2D eigenvalue weighted by Gasteiger charge is -2.08. The van der Waals surface area contributed by atoms with Gasteiger partial charge in [0.15, 0.2) is 0 Å². The van der Waals surface area contributed by atoms with Crippen LogP contribution >= 0.6 is 22.7 Å². The molecule has 0 nitrogen and oxygen atoms in total. The van der Waals surface area contributed by atoms with E-state index < -0.39 is 0 Å². The number of thiophene rings is 2. The van der Waals surface area contributed by atoms with Gasteiger partial charge < -0.3 is 0 Å². The summed E-state index contributed by atoms with van der Waals surface area (Å²) >= 11 is 3.77. The largest absolute Gasteiger partial charge is 0.135 e. The molecule has 0 spiro atoms. The second kappa shape index (κ2) is 8.66. The van der Waals surface area contributed by atoms with Crippen molar-refractivity contribution in [2.45, 2.75) is 0 Å². The Morgan fingerprint density at radius 1 is 0.289 bits per heavy atom. The molecule has 0 saturated heterocycles. The quantitative estimate of drug-likeness (QED) is 0.218. The topological polar surface area (TPSA) is 0 Å². The van der Waals surface area contributed by atoms with Crippen LogP contribution in [-0.4, -0.2) is 0 Å². The van der Waals surface area contributed by atoms with Crippen LogP contribution in [0, 0.1) is 0 Å². The van der Waals surface area contributed by atoms with Crippen molar-refractivity contribution in [3.8, 4) is 33.4 Å². The molecular weight excluding hydrogens is 497 g/mol. The lowest BCUT2D eigenvalue weighted by atomic mass is 9.97. The van der Waals surface area contributed by atoms with Crippen LogP contribution in [0.15, 0.2) is 133 Å². The van der Waals surface area contributed by atoms with E-state index in [1.807, 2.05) is 22.7 Å². The van der Waals surface area contributed by atoms with Crippen molar-refractivity contribution in [1.29, 1.82) is 0 Å². The minimum Gasteiger partial charge on any atom is -0.135 e. The molecule has 6 aromatic carbocycles. The Kier molecular flexibility index (Phi) is 4.97. The van der Waals surface area contributed by atoms with Gasteiger partial charge in [-0.2, -0.15) is 0 Å². The number of rotatable bonds is 3.